The minimum atomic E-state index is -5.05. The minimum Gasteiger partial charge on any atom is -0.481 e. The van der Waals surface area contributed by atoms with E-state index in [1.807, 2.05) is 0 Å². The van der Waals surface area contributed by atoms with Crippen molar-refractivity contribution >= 4 is 5.97 Å². The van der Waals surface area contributed by atoms with Crippen LogP contribution in [-0.4, -0.2) is 16.1 Å². The smallest absolute Gasteiger partial charge is 0.419 e. The molecule has 19 heavy (non-hydrogen) atoms. The summed E-state index contributed by atoms with van der Waals surface area (Å²) in [6, 6.07) is 1.43. The molecule has 0 fully saturated rings. The molecule has 0 aromatic carbocycles. The van der Waals surface area contributed by atoms with Gasteiger partial charge >= 0.3 is 12.1 Å². The number of nitrogens with zero attached hydrogens (tertiary/aromatic N) is 2. The molecule has 0 bridgehead atoms. The first kappa shape index (κ1) is 14.8. The summed E-state index contributed by atoms with van der Waals surface area (Å²) in [5, 5.41) is 17.0. The topological polar surface area (TPSA) is 74.0 Å². The highest BCUT2D eigenvalue weighted by atomic mass is 19.4. The minimum absolute atomic E-state index is 0.304. The van der Waals surface area contributed by atoms with Crippen molar-refractivity contribution in [3.05, 3.63) is 28.6 Å². The Labute approximate surface area is 103 Å². The lowest BCUT2D eigenvalue weighted by molar-refractivity contribution is -0.140. The van der Waals surface area contributed by atoms with Crippen molar-refractivity contribution in [3.63, 3.8) is 0 Å². The average molecular weight is 280 g/mol. The van der Waals surface area contributed by atoms with Gasteiger partial charge in [0.25, 0.3) is 6.43 Å². The Morgan fingerprint density at radius 1 is 1.47 bits per heavy atom. The highest BCUT2D eigenvalue weighted by Gasteiger charge is 2.38. The Bertz CT molecular complexity index is 548. The molecule has 0 aliphatic heterocycles. The Hall–Kier alpha value is -2.24. The monoisotopic (exact) mass is 280 g/mol. The third-order valence-electron chi connectivity index (χ3n) is 2.06. The van der Waals surface area contributed by atoms with Crippen LogP contribution in [0.15, 0.2) is 6.07 Å². The van der Waals surface area contributed by atoms with Crippen LogP contribution in [0.1, 0.15) is 28.9 Å². The van der Waals surface area contributed by atoms with Crippen LogP contribution in [0.2, 0.25) is 0 Å². The fraction of sp³-hybridized carbons (Fsp3) is 0.300. The summed E-state index contributed by atoms with van der Waals surface area (Å²) in [4.78, 5) is 13.4. The molecular weight excluding hydrogens is 275 g/mol. The Kier molecular flexibility index (Phi) is 4.04. The van der Waals surface area contributed by atoms with Gasteiger partial charge in [0, 0.05) is 0 Å². The van der Waals surface area contributed by atoms with Gasteiger partial charge in [-0.25, -0.2) is 8.78 Å². The van der Waals surface area contributed by atoms with Gasteiger partial charge in [0.2, 0.25) is 0 Å². The van der Waals surface area contributed by atoms with E-state index in [9.17, 15) is 26.7 Å². The maximum atomic E-state index is 12.7. The number of halogens is 5. The Morgan fingerprint density at radius 2 is 2.05 bits per heavy atom. The highest BCUT2D eigenvalue weighted by Crippen LogP contribution is 2.35. The summed E-state index contributed by atoms with van der Waals surface area (Å²) < 4.78 is 63.0. The molecule has 1 aromatic rings. The lowest BCUT2D eigenvalue weighted by Gasteiger charge is -2.14. The van der Waals surface area contributed by atoms with Crippen molar-refractivity contribution in [1.29, 1.82) is 5.26 Å². The van der Waals surface area contributed by atoms with Crippen LogP contribution in [0.25, 0.3) is 0 Å². The first-order valence-electron chi connectivity index (χ1n) is 4.68. The van der Waals surface area contributed by atoms with Gasteiger partial charge in [-0.05, 0) is 6.07 Å². The zero-order valence-electron chi connectivity index (χ0n) is 9.00. The van der Waals surface area contributed by atoms with Gasteiger partial charge in [0.1, 0.15) is 5.69 Å². The molecule has 1 heterocycles. The van der Waals surface area contributed by atoms with Gasteiger partial charge in [-0.3, -0.25) is 9.78 Å². The van der Waals surface area contributed by atoms with E-state index >= 15 is 0 Å². The number of carboxylic acids is 1. The van der Waals surface area contributed by atoms with E-state index in [4.69, 9.17) is 10.4 Å². The molecule has 0 unspecified atom stereocenters. The summed E-state index contributed by atoms with van der Waals surface area (Å²) >= 11 is 0. The summed E-state index contributed by atoms with van der Waals surface area (Å²) in [7, 11) is 0. The number of rotatable bonds is 3. The van der Waals surface area contributed by atoms with Crippen molar-refractivity contribution in [2.75, 3.05) is 0 Å². The number of alkyl halides is 5. The SMILES string of the molecule is N#Cc1cc(C(F)F)nc(CC(=O)O)c1C(F)(F)F. The van der Waals surface area contributed by atoms with E-state index in [0.717, 1.165) is 6.07 Å². The van der Waals surface area contributed by atoms with Crippen LogP contribution in [0.5, 0.6) is 0 Å². The average Bonchev–Trinajstić information content (AvgIpc) is 2.25. The molecule has 0 atom stereocenters. The zero-order valence-corrected chi connectivity index (χ0v) is 9.00. The van der Waals surface area contributed by atoms with Crippen LogP contribution in [0, 0.1) is 11.3 Å². The number of hydrogen-bond acceptors (Lipinski definition) is 3. The standard InChI is InChI=1S/C10H5F5N2O2/c11-9(12)6-1-4(3-16)8(10(13,14)15)5(17-6)2-7(18)19/h1,9H,2H2,(H,18,19). The second-order valence-corrected chi connectivity index (χ2v) is 3.40. The largest absolute Gasteiger partial charge is 0.481 e. The van der Waals surface area contributed by atoms with Crippen LogP contribution in [0.3, 0.4) is 0 Å². The molecule has 102 valence electrons. The van der Waals surface area contributed by atoms with E-state index in [1.165, 1.54) is 0 Å². The Balaban J connectivity index is 3.58. The first-order chi connectivity index (χ1) is 8.66. The van der Waals surface area contributed by atoms with E-state index in [-0.39, 0.29) is 0 Å². The van der Waals surface area contributed by atoms with Crippen LogP contribution in [0.4, 0.5) is 22.0 Å². The van der Waals surface area contributed by atoms with Crippen molar-refractivity contribution in [1.82, 2.24) is 4.98 Å². The molecule has 1 N–H and O–H groups in total. The molecule has 9 heteroatoms. The molecule has 0 amide bonds. The quantitative estimate of drug-likeness (QED) is 0.863. The lowest BCUT2D eigenvalue weighted by atomic mass is 10.0. The predicted molar refractivity (Wildman–Crippen MR) is 50.3 cm³/mol. The number of nitriles is 1. The maximum Gasteiger partial charge on any atom is 0.419 e. The fourth-order valence-electron chi connectivity index (χ4n) is 1.41. The van der Waals surface area contributed by atoms with Gasteiger partial charge < -0.3 is 5.11 Å². The zero-order chi connectivity index (χ0) is 14.8. The van der Waals surface area contributed by atoms with Crippen molar-refractivity contribution in [2.45, 2.75) is 19.0 Å². The molecule has 0 aliphatic carbocycles. The van der Waals surface area contributed by atoms with Crippen LogP contribution >= 0.6 is 0 Å². The molecule has 4 nitrogen and oxygen atoms in total. The summed E-state index contributed by atoms with van der Waals surface area (Å²) in [5.74, 6) is -1.67. The third-order valence-corrected chi connectivity index (χ3v) is 2.06. The third kappa shape index (κ3) is 3.37. The molecule has 0 saturated carbocycles. The van der Waals surface area contributed by atoms with Crippen LogP contribution in [-0.2, 0) is 17.4 Å². The molecular formula is C10H5F5N2O2. The summed E-state index contributed by atoms with van der Waals surface area (Å²) in [6.45, 7) is 0. The molecule has 0 spiro atoms. The van der Waals surface area contributed by atoms with Crippen molar-refractivity contribution < 1.29 is 31.9 Å². The first-order valence-corrected chi connectivity index (χ1v) is 4.68. The van der Waals surface area contributed by atoms with Gasteiger partial charge in [-0.1, -0.05) is 0 Å². The van der Waals surface area contributed by atoms with E-state index < -0.39 is 47.5 Å². The molecule has 1 aromatic heterocycles. The molecule has 0 saturated heterocycles. The normalized spacial score (nSPS) is 11.4. The van der Waals surface area contributed by atoms with E-state index in [1.54, 1.807) is 0 Å². The molecule has 0 aliphatic rings. The van der Waals surface area contributed by atoms with Crippen molar-refractivity contribution in [3.8, 4) is 6.07 Å². The number of aliphatic carboxylic acids is 1. The van der Waals surface area contributed by atoms with Gasteiger partial charge in [-0.2, -0.15) is 18.4 Å². The van der Waals surface area contributed by atoms with Crippen molar-refractivity contribution in [2.24, 2.45) is 0 Å². The second-order valence-electron chi connectivity index (χ2n) is 3.40. The second kappa shape index (κ2) is 5.17. The fourth-order valence-corrected chi connectivity index (χ4v) is 1.41. The number of hydrogen-bond donors (Lipinski definition) is 1. The van der Waals surface area contributed by atoms with Gasteiger partial charge in [-0.15, -0.1) is 0 Å². The van der Waals surface area contributed by atoms with E-state index in [2.05, 4.69) is 4.98 Å². The number of pyridine rings is 1. The summed E-state index contributed by atoms with van der Waals surface area (Å²) in [5.41, 5.74) is -4.84. The Morgan fingerprint density at radius 3 is 2.42 bits per heavy atom. The molecule has 0 radical (unpaired) electrons. The van der Waals surface area contributed by atoms with Gasteiger partial charge in [0.15, 0.2) is 0 Å². The number of carbonyl (C=O) groups is 1. The maximum absolute atomic E-state index is 12.7. The predicted octanol–water partition coefficient (Wildman–Crippen LogP) is 2.54. The molecule has 1 rings (SSSR count). The van der Waals surface area contributed by atoms with Gasteiger partial charge in [0.05, 0.1) is 29.3 Å². The van der Waals surface area contributed by atoms with E-state index in [0.29, 0.717) is 6.07 Å². The number of aromatic nitrogens is 1. The highest BCUT2D eigenvalue weighted by molar-refractivity contribution is 5.70. The van der Waals surface area contributed by atoms with Crippen LogP contribution < -0.4 is 0 Å². The number of carboxylic acid groups (broad SMARTS) is 1. The lowest BCUT2D eigenvalue weighted by Crippen LogP contribution is -2.17. The summed E-state index contributed by atoms with van der Waals surface area (Å²) in [6.07, 6.45) is -9.46.